The highest BCUT2D eigenvalue weighted by Gasteiger charge is 2.36. The summed E-state index contributed by atoms with van der Waals surface area (Å²) < 4.78 is 11.2. The van der Waals surface area contributed by atoms with Gasteiger partial charge >= 0.3 is 0 Å². The molecular formula is C24H27ClN4O4. The summed E-state index contributed by atoms with van der Waals surface area (Å²) in [6.45, 7) is 3.42. The number of hydrogen-bond acceptors (Lipinski definition) is 6. The van der Waals surface area contributed by atoms with Crippen LogP contribution >= 0.6 is 11.6 Å². The summed E-state index contributed by atoms with van der Waals surface area (Å²) in [6, 6.07) is 10.9. The van der Waals surface area contributed by atoms with Crippen molar-refractivity contribution in [3.8, 4) is 0 Å². The fourth-order valence-electron chi connectivity index (χ4n) is 4.63. The van der Waals surface area contributed by atoms with E-state index in [2.05, 4.69) is 10.0 Å². The monoisotopic (exact) mass is 470 g/mol. The van der Waals surface area contributed by atoms with Gasteiger partial charge in [-0.05, 0) is 42.7 Å². The molecule has 2 saturated heterocycles. The fraction of sp³-hybridized carbons (Fsp3) is 0.458. The predicted molar refractivity (Wildman–Crippen MR) is 123 cm³/mol. The van der Waals surface area contributed by atoms with Gasteiger partial charge < -0.3 is 14.1 Å². The van der Waals surface area contributed by atoms with Crippen LogP contribution in [-0.4, -0.2) is 77.8 Å². The van der Waals surface area contributed by atoms with Crippen molar-refractivity contribution >= 4 is 29.1 Å². The van der Waals surface area contributed by atoms with Crippen molar-refractivity contribution in [2.24, 2.45) is 5.10 Å². The van der Waals surface area contributed by atoms with E-state index >= 15 is 0 Å². The van der Waals surface area contributed by atoms with Crippen molar-refractivity contribution in [2.75, 3.05) is 39.3 Å². The maximum atomic E-state index is 13.3. The van der Waals surface area contributed by atoms with Crippen LogP contribution in [0.3, 0.4) is 0 Å². The molecule has 0 N–H and O–H groups in total. The lowest BCUT2D eigenvalue weighted by atomic mass is 10.0. The van der Waals surface area contributed by atoms with Crippen LogP contribution in [0.25, 0.3) is 0 Å². The minimum atomic E-state index is -0.294. The number of ether oxygens (including phenoxy) is 1. The molecule has 2 fully saturated rings. The van der Waals surface area contributed by atoms with Gasteiger partial charge in [-0.15, -0.1) is 0 Å². The second-order valence-electron chi connectivity index (χ2n) is 8.63. The number of benzene rings is 1. The van der Waals surface area contributed by atoms with Gasteiger partial charge in [0, 0.05) is 44.2 Å². The van der Waals surface area contributed by atoms with Crippen molar-refractivity contribution < 1.29 is 18.7 Å². The Balaban J connectivity index is 1.24. The Kier molecular flexibility index (Phi) is 6.48. The highest BCUT2D eigenvalue weighted by molar-refractivity contribution is 6.30. The van der Waals surface area contributed by atoms with Gasteiger partial charge in [0.05, 0.1) is 18.5 Å². The van der Waals surface area contributed by atoms with E-state index in [1.807, 2.05) is 41.3 Å². The Morgan fingerprint density at radius 1 is 1.09 bits per heavy atom. The zero-order valence-electron chi connectivity index (χ0n) is 18.4. The second-order valence-corrected chi connectivity index (χ2v) is 9.07. The van der Waals surface area contributed by atoms with Crippen LogP contribution in [0.2, 0.25) is 5.02 Å². The van der Waals surface area contributed by atoms with Crippen molar-refractivity contribution in [1.82, 2.24) is 14.8 Å². The lowest BCUT2D eigenvalue weighted by molar-refractivity contribution is -0.143. The molecule has 0 unspecified atom stereocenters. The zero-order chi connectivity index (χ0) is 22.8. The lowest BCUT2D eigenvalue weighted by Crippen LogP contribution is -2.53. The summed E-state index contributed by atoms with van der Waals surface area (Å²) >= 11 is 6.03. The Hall–Kier alpha value is -2.68. The van der Waals surface area contributed by atoms with Crippen LogP contribution in [0.4, 0.5) is 0 Å². The number of furan rings is 1. The van der Waals surface area contributed by atoms with Crippen LogP contribution in [0.5, 0.6) is 0 Å². The van der Waals surface area contributed by atoms with Crippen LogP contribution in [0.15, 0.2) is 52.2 Å². The maximum Gasteiger partial charge on any atom is 0.257 e. The molecule has 5 rings (SSSR count). The molecule has 3 aliphatic heterocycles. The zero-order valence-corrected chi connectivity index (χ0v) is 19.1. The first-order chi connectivity index (χ1) is 16.1. The third-order valence-electron chi connectivity index (χ3n) is 6.46. The molecule has 0 radical (unpaired) electrons. The largest absolute Gasteiger partial charge is 0.467 e. The van der Waals surface area contributed by atoms with E-state index in [1.165, 1.54) is 0 Å². The third-order valence-corrected chi connectivity index (χ3v) is 6.71. The first-order valence-corrected chi connectivity index (χ1v) is 11.8. The Morgan fingerprint density at radius 2 is 1.88 bits per heavy atom. The molecule has 0 aliphatic carbocycles. The molecule has 2 aromatic rings. The second kappa shape index (κ2) is 9.67. The highest BCUT2D eigenvalue weighted by Crippen LogP contribution is 2.33. The van der Waals surface area contributed by atoms with E-state index in [-0.39, 0.29) is 30.5 Å². The van der Waals surface area contributed by atoms with Crippen molar-refractivity contribution in [3.63, 3.8) is 0 Å². The molecule has 3 aliphatic rings. The molecule has 0 bridgehead atoms. The molecule has 2 atom stereocenters. The fourth-order valence-corrected chi connectivity index (χ4v) is 4.75. The number of hydrazone groups is 1. The third kappa shape index (κ3) is 4.83. The Morgan fingerprint density at radius 3 is 2.55 bits per heavy atom. The lowest BCUT2D eigenvalue weighted by Gasteiger charge is -2.36. The molecule has 1 aromatic heterocycles. The van der Waals surface area contributed by atoms with E-state index in [4.69, 9.17) is 20.8 Å². The SMILES string of the molecule is O=C([C@H]1CCCO1)N1CCN(CC(=O)N2N=C(c3ccc(Cl)cc3)C[C@H]2c2ccco2)CC1. The first kappa shape index (κ1) is 22.1. The van der Waals surface area contributed by atoms with Crippen LogP contribution in [0.1, 0.15) is 36.6 Å². The predicted octanol–water partition coefficient (Wildman–Crippen LogP) is 2.93. The maximum absolute atomic E-state index is 13.3. The van der Waals surface area contributed by atoms with Crippen molar-refractivity contribution in [2.45, 2.75) is 31.4 Å². The Bertz CT molecular complexity index is 1010. The summed E-state index contributed by atoms with van der Waals surface area (Å²) in [5.41, 5.74) is 1.76. The Labute approximate surface area is 197 Å². The summed E-state index contributed by atoms with van der Waals surface area (Å²) in [7, 11) is 0. The number of halogens is 1. The van der Waals surface area contributed by atoms with Gasteiger partial charge in [0.2, 0.25) is 0 Å². The normalized spacial score (nSPS) is 23.7. The standard InChI is InChI=1S/C24H27ClN4O4/c25-18-7-5-17(6-8-18)19-15-20(21-3-1-13-32-21)29(26-19)23(30)16-27-9-11-28(12-10-27)24(31)22-4-2-14-33-22/h1,3,5-8,13,20,22H,2,4,9-12,14-16H2/t20-,22+/m0/s1. The van der Waals surface area contributed by atoms with Gasteiger partial charge in [-0.2, -0.15) is 5.10 Å². The summed E-state index contributed by atoms with van der Waals surface area (Å²) in [6.07, 6.45) is 3.63. The highest BCUT2D eigenvalue weighted by atomic mass is 35.5. The molecule has 174 valence electrons. The molecule has 0 saturated carbocycles. The van der Waals surface area contributed by atoms with E-state index in [9.17, 15) is 9.59 Å². The summed E-state index contributed by atoms with van der Waals surface area (Å²) in [5.74, 6) is 0.704. The van der Waals surface area contributed by atoms with E-state index in [0.29, 0.717) is 50.0 Å². The van der Waals surface area contributed by atoms with Crippen LogP contribution in [0, 0.1) is 0 Å². The minimum absolute atomic E-state index is 0.0770. The topological polar surface area (TPSA) is 78.6 Å². The van der Waals surface area contributed by atoms with Crippen LogP contribution < -0.4 is 0 Å². The molecule has 9 heteroatoms. The number of rotatable bonds is 5. The quantitative estimate of drug-likeness (QED) is 0.671. The molecular weight excluding hydrogens is 444 g/mol. The molecule has 2 amide bonds. The van der Waals surface area contributed by atoms with Gasteiger partial charge in [-0.1, -0.05) is 23.7 Å². The van der Waals surface area contributed by atoms with Crippen molar-refractivity contribution in [3.05, 3.63) is 59.0 Å². The van der Waals surface area contributed by atoms with E-state index in [0.717, 1.165) is 24.1 Å². The average Bonchev–Trinajstić information content (AvgIpc) is 3.61. The van der Waals surface area contributed by atoms with Crippen LogP contribution in [-0.2, 0) is 14.3 Å². The molecule has 0 spiro atoms. The van der Waals surface area contributed by atoms with Gasteiger partial charge in [-0.25, -0.2) is 5.01 Å². The molecule has 1 aromatic carbocycles. The van der Waals surface area contributed by atoms with Gasteiger partial charge in [0.1, 0.15) is 17.9 Å². The number of carbonyl (C=O) groups is 2. The summed E-state index contributed by atoms with van der Waals surface area (Å²) in [4.78, 5) is 29.8. The van der Waals surface area contributed by atoms with Gasteiger partial charge in [0.25, 0.3) is 11.8 Å². The molecule has 8 nitrogen and oxygen atoms in total. The number of nitrogens with zero attached hydrogens (tertiary/aromatic N) is 4. The van der Waals surface area contributed by atoms with Gasteiger partial charge in [0.15, 0.2) is 0 Å². The number of piperazine rings is 1. The minimum Gasteiger partial charge on any atom is -0.467 e. The number of amides is 2. The summed E-state index contributed by atoms with van der Waals surface area (Å²) in [5, 5.41) is 6.88. The molecule has 33 heavy (non-hydrogen) atoms. The van der Waals surface area contributed by atoms with Gasteiger partial charge in [-0.3, -0.25) is 14.5 Å². The van der Waals surface area contributed by atoms with E-state index < -0.39 is 0 Å². The first-order valence-electron chi connectivity index (χ1n) is 11.4. The average molecular weight is 471 g/mol. The smallest absolute Gasteiger partial charge is 0.257 e. The number of hydrogen-bond donors (Lipinski definition) is 0. The number of carbonyl (C=O) groups excluding carboxylic acids is 2. The molecule has 4 heterocycles. The van der Waals surface area contributed by atoms with E-state index in [1.54, 1.807) is 11.3 Å². The van der Waals surface area contributed by atoms with Crippen molar-refractivity contribution in [1.29, 1.82) is 0 Å².